The summed E-state index contributed by atoms with van der Waals surface area (Å²) in [5, 5.41) is 9.58. The maximum absolute atomic E-state index is 13.2. The predicted molar refractivity (Wildman–Crippen MR) is 65.2 cm³/mol. The summed E-state index contributed by atoms with van der Waals surface area (Å²) in [6.07, 6.45) is 0.969. The quantitative estimate of drug-likeness (QED) is 0.854. The molecule has 1 aromatic rings. The van der Waals surface area contributed by atoms with E-state index in [2.05, 4.69) is 0 Å². The summed E-state index contributed by atoms with van der Waals surface area (Å²) < 4.78 is 13.2. The van der Waals surface area contributed by atoms with Crippen LogP contribution in [0.4, 0.5) is 4.39 Å². The minimum absolute atomic E-state index is 0.0917. The van der Waals surface area contributed by atoms with Crippen LogP contribution in [-0.4, -0.2) is 11.2 Å². The molecule has 16 heavy (non-hydrogen) atoms. The molecule has 1 N–H and O–H groups in total. The molecule has 0 spiro atoms. The maximum atomic E-state index is 13.2. The molecule has 90 valence electrons. The highest BCUT2D eigenvalue weighted by molar-refractivity contribution is 6.31. The van der Waals surface area contributed by atoms with Crippen LogP contribution in [0.15, 0.2) is 18.2 Å². The minimum atomic E-state index is -0.382. The fourth-order valence-electron chi connectivity index (χ4n) is 2.07. The lowest BCUT2D eigenvalue weighted by Gasteiger charge is -2.26. The molecule has 1 nitrogen and oxygen atoms in total. The first-order valence-corrected chi connectivity index (χ1v) is 5.80. The van der Waals surface area contributed by atoms with Gasteiger partial charge in [-0.3, -0.25) is 0 Å². The molecule has 1 aromatic carbocycles. The average Bonchev–Trinajstić information content (AvgIpc) is 2.10. The lowest BCUT2D eigenvalue weighted by molar-refractivity contribution is 0.129. The van der Waals surface area contributed by atoms with Crippen LogP contribution in [0.5, 0.6) is 0 Å². The van der Waals surface area contributed by atoms with Gasteiger partial charge in [-0.1, -0.05) is 37.6 Å². The highest BCUT2D eigenvalue weighted by Crippen LogP contribution is 2.31. The number of hydrogen-bond acceptors (Lipinski definition) is 1. The topological polar surface area (TPSA) is 20.2 Å². The largest absolute Gasteiger partial charge is 0.393 e. The molecule has 0 radical (unpaired) electrons. The van der Waals surface area contributed by atoms with Gasteiger partial charge in [-0.25, -0.2) is 4.39 Å². The van der Waals surface area contributed by atoms with Crippen molar-refractivity contribution in [1.82, 2.24) is 0 Å². The van der Waals surface area contributed by atoms with Gasteiger partial charge in [0.05, 0.1) is 11.1 Å². The molecule has 1 unspecified atom stereocenters. The number of halogens is 2. The fraction of sp³-hybridized carbons (Fsp3) is 0.538. The van der Waals surface area contributed by atoms with E-state index in [1.165, 1.54) is 6.07 Å². The van der Waals surface area contributed by atoms with Gasteiger partial charge in [0.25, 0.3) is 0 Å². The second kappa shape index (κ2) is 5.15. The maximum Gasteiger partial charge on any atom is 0.142 e. The zero-order valence-corrected chi connectivity index (χ0v) is 10.7. The van der Waals surface area contributed by atoms with Crippen molar-refractivity contribution in [3.05, 3.63) is 34.6 Å². The van der Waals surface area contributed by atoms with E-state index in [-0.39, 0.29) is 22.4 Å². The van der Waals surface area contributed by atoms with E-state index >= 15 is 0 Å². The lowest BCUT2D eigenvalue weighted by atomic mass is 9.81. The molecule has 0 amide bonds. The van der Waals surface area contributed by atoms with Gasteiger partial charge in [-0.2, -0.15) is 0 Å². The lowest BCUT2D eigenvalue weighted by Crippen LogP contribution is -2.21. The van der Waals surface area contributed by atoms with Gasteiger partial charge >= 0.3 is 0 Å². The predicted octanol–water partition coefficient (Wildman–Crippen LogP) is 3.82. The fourth-order valence-corrected chi connectivity index (χ4v) is 2.27. The molecular formula is C13H18ClFO. The molecule has 0 aliphatic carbocycles. The summed E-state index contributed by atoms with van der Waals surface area (Å²) in [5.74, 6) is -0.382. The van der Waals surface area contributed by atoms with E-state index < -0.39 is 0 Å². The third-order valence-corrected chi connectivity index (χ3v) is 2.97. The van der Waals surface area contributed by atoms with Crippen molar-refractivity contribution in [2.75, 3.05) is 0 Å². The third kappa shape index (κ3) is 3.76. The van der Waals surface area contributed by atoms with Crippen LogP contribution in [0, 0.1) is 11.2 Å². The van der Waals surface area contributed by atoms with Crippen LogP contribution in [0.1, 0.15) is 32.8 Å². The van der Waals surface area contributed by atoms with E-state index in [9.17, 15) is 9.50 Å². The molecule has 3 heteroatoms. The van der Waals surface area contributed by atoms with Crippen molar-refractivity contribution >= 4 is 11.6 Å². The van der Waals surface area contributed by atoms with Crippen LogP contribution in [0.25, 0.3) is 0 Å². The van der Waals surface area contributed by atoms with E-state index in [1.807, 2.05) is 19.9 Å². The second-order valence-corrected chi connectivity index (χ2v) is 5.49. The molecule has 0 heterocycles. The Labute approximate surface area is 101 Å². The van der Waals surface area contributed by atoms with Gasteiger partial charge in [0, 0.05) is 0 Å². The third-order valence-electron chi connectivity index (χ3n) is 2.55. The first-order valence-electron chi connectivity index (χ1n) is 5.43. The SMILES string of the molecule is CC(O)CC(C)(C)Cc1cccc(F)c1Cl. The Morgan fingerprint density at radius 3 is 2.62 bits per heavy atom. The van der Waals surface area contributed by atoms with Crippen molar-refractivity contribution in [2.24, 2.45) is 5.41 Å². The molecule has 1 atom stereocenters. The molecule has 0 saturated heterocycles. The molecule has 0 fully saturated rings. The number of benzene rings is 1. The summed E-state index contributed by atoms with van der Waals surface area (Å²) in [6, 6.07) is 4.84. The van der Waals surface area contributed by atoms with E-state index in [0.717, 1.165) is 5.56 Å². The Balaban J connectivity index is 2.83. The smallest absolute Gasteiger partial charge is 0.142 e. The normalized spacial score (nSPS) is 13.9. The Bertz CT molecular complexity index is 361. The monoisotopic (exact) mass is 244 g/mol. The first kappa shape index (κ1) is 13.5. The van der Waals surface area contributed by atoms with Crippen LogP contribution in [-0.2, 0) is 6.42 Å². The molecule has 0 aliphatic heterocycles. The highest BCUT2D eigenvalue weighted by atomic mass is 35.5. The standard InChI is InChI=1S/C13H18ClFO/c1-9(16)7-13(2,3)8-10-5-4-6-11(15)12(10)14/h4-6,9,16H,7-8H2,1-3H3. The Morgan fingerprint density at radius 2 is 2.06 bits per heavy atom. The Hall–Kier alpha value is -0.600. The number of aliphatic hydroxyl groups is 1. The van der Waals surface area contributed by atoms with Crippen molar-refractivity contribution < 1.29 is 9.50 Å². The van der Waals surface area contributed by atoms with Crippen molar-refractivity contribution in [1.29, 1.82) is 0 Å². The average molecular weight is 245 g/mol. The summed E-state index contributed by atoms with van der Waals surface area (Å²) in [4.78, 5) is 0. The Kier molecular flexibility index (Phi) is 4.34. The molecule has 0 aliphatic rings. The minimum Gasteiger partial charge on any atom is -0.393 e. The van der Waals surface area contributed by atoms with Gasteiger partial charge in [-0.05, 0) is 36.8 Å². The summed E-state index contributed by atoms with van der Waals surface area (Å²) in [7, 11) is 0. The summed E-state index contributed by atoms with van der Waals surface area (Å²) >= 11 is 5.90. The van der Waals surface area contributed by atoms with Gasteiger partial charge in [0.2, 0.25) is 0 Å². The summed E-state index contributed by atoms with van der Waals surface area (Å²) in [5.41, 5.74) is 0.707. The highest BCUT2D eigenvalue weighted by Gasteiger charge is 2.22. The zero-order chi connectivity index (χ0) is 12.3. The molecule has 0 aromatic heterocycles. The van der Waals surface area contributed by atoms with Gasteiger partial charge in [0.15, 0.2) is 0 Å². The van der Waals surface area contributed by atoms with Gasteiger partial charge in [0.1, 0.15) is 5.82 Å². The van der Waals surface area contributed by atoms with E-state index in [0.29, 0.717) is 12.8 Å². The molecule has 1 rings (SSSR count). The Morgan fingerprint density at radius 1 is 1.44 bits per heavy atom. The second-order valence-electron chi connectivity index (χ2n) is 5.11. The molecular weight excluding hydrogens is 227 g/mol. The molecule has 0 bridgehead atoms. The molecule has 0 saturated carbocycles. The van der Waals surface area contributed by atoms with Crippen LogP contribution >= 0.6 is 11.6 Å². The first-order chi connectivity index (χ1) is 7.32. The van der Waals surface area contributed by atoms with Crippen LogP contribution < -0.4 is 0 Å². The zero-order valence-electron chi connectivity index (χ0n) is 9.93. The van der Waals surface area contributed by atoms with E-state index in [4.69, 9.17) is 11.6 Å². The van der Waals surface area contributed by atoms with Crippen LogP contribution in [0.2, 0.25) is 5.02 Å². The van der Waals surface area contributed by atoms with E-state index in [1.54, 1.807) is 13.0 Å². The number of rotatable bonds is 4. The van der Waals surface area contributed by atoms with Crippen molar-refractivity contribution in [3.63, 3.8) is 0 Å². The van der Waals surface area contributed by atoms with Crippen molar-refractivity contribution in [3.8, 4) is 0 Å². The van der Waals surface area contributed by atoms with Gasteiger partial charge < -0.3 is 5.11 Å². The van der Waals surface area contributed by atoms with Crippen LogP contribution in [0.3, 0.4) is 0 Å². The van der Waals surface area contributed by atoms with Crippen molar-refractivity contribution in [2.45, 2.75) is 39.7 Å². The number of hydrogen-bond donors (Lipinski definition) is 1. The number of aliphatic hydroxyl groups excluding tert-OH is 1. The summed E-state index contributed by atoms with van der Waals surface area (Å²) in [6.45, 7) is 5.84. The van der Waals surface area contributed by atoms with Gasteiger partial charge in [-0.15, -0.1) is 0 Å².